The highest BCUT2D eigenvalue weighted by atomic mass is 79.9. The van der Waals surface area contributed by atoms with Crippen LogP contribution in [0.5, 0.6) is 0 Å². The third-order valence-corrected chi connectivity index (χ3v) is 5.13. The summed E-state index contributed by atoms with van der Waals surface area (Å²) in [5.41, 5.74) is -0.0300. The van der Waals surface area contributed by atoms with Gasteiger partial charge in [-0.3, -0.25) is 5.32 Å². The number of rotatable bonds is 9. The van der Waals surface area contributed by atoms with Crippen molar-refractivity contribution in [1.82, 2.24) is 5.32 Å². The van der Waals surface area contributed by atoms with E-state index in [1.165, 1.54) is 0 Å². The number of unbranched alkanes of at least 4 members (excludes halogenated alkanes) is 1. The molecule has 0 spiro atoms. The highest BCUT2D eigenvalue weighted by molar-refractivity contribution is 9.12. The summed E-state index contributed by atoms with van der Waals surface area (Å²) in [7, 11) is 0. The van der Waals surface area contributed by atoms with E-state index in [-0.39, 0.29) is 5.97 Å². The number of alkyl halides is 1. The number of carbonyl (C=O) groups excluding carboxylic acids is 1. The molecule has 118 valence electrons. The summed E-state index contributed by atoms with van der Waals surface area (Å²) in [6, 6.07) is 0. The minimum Gasteiger partial charge on any atom is -0.435 e. The summed E-state index contributed by atoms with van der Waals surface area (Å²) in [6.07, 6.45) is 11.9. The van der Waals surface area contributed by atoms with Crippen LogP contribution in [-0.2, 0) is 9.53 Å². The molecule has 1 aliphatic heterocycles. The molecule has 0 saturated carbocycles. The van der Waals surface area contributed by atoms with Gasteiger partial charge in [0, 0.05) is 6.54 Å². The summed E-state index contributed by atoms with van der Waals surface area (Å²) >= 11 is 7.01. The summed E-state index contributed by atoms with van der Waals surface area (Å²) in [4.78, 5) is 12.0. The predicted octanol–water partition coefficient (Wildman–Crippen LogP) is 4.59. The first-order valence-electron chi connectivity index (χ1n) is 7.36. The average molecular weight is 421 g/mol. The van der Waals surface area contributed by atoms with Gasteiger partial charge < -0.3 is 4.74 Å². The van der Waals surface area contributed by atoms with Crippen molar-refractivity contribution < 1.29 is 9.53 Å². The number of carbonyl (C=O) groups is 1. The van der Waals surface area contributed by atoms with Gasteiger partial charge in [0.25, 0.3) is 0 Å². The predicted molar refractivity (Wildman–Crippen MR) is 94.7 cm³/mol. The van der Waals surface area contributed by atoms with Gasteiger partial charge >= 0.3 is 5.97 Å². The third kappa shape index (κ3) is 5.08. The first-order chi connectivity index (χ1) is 10.1. The second-order valence-corrected chi connectivity index (χ2v) is 6.25. The minimum absolute atomic E-state index is 0.225. The second kappa shape index (κ2) is 9.59. The molecule has 0 aliphatic carbocycles. The zero-order valence-electron chi connectivity index (χ0n) is 12.6. The maximum absolute atomic E-state index is 12.0. The van der Waals surface area contributed by atoms with Gasteiger partial charge in [-0.2, -0.15) is 0 Å². The summed E-state index contributed by atoms with van der Waals surface area (Å²) in [5, 5.41) is 3.81. The van der Waals surface area contributed by atoms with E-state index in [0.29, 0.717) is 11.9 Å². The molecule has 1 rings (SSSR count). The molecule has 0 fully saturated rings. The molecule has 1 unspecified atom stereocenters. The Morgan fingerprint density at radius 2 is 2.00 bits per heavy atom. The van der Waals surface area contributed by atoms with Gasteiger partial charge in [-0.1, -0.05) is 60.5 Å². The first kappa shape index (κ1) is 18.7. The van der Waals surface area contributed by atoms with Gasteiger partial charge in [0.05, 0.1) is 15.4 Å². The van der Waals surface area contributed by atoms with Crippen molar-refractivity contribution in [3.63, 3.8) is 0 Å². The zero-order valence-corrected chi connectivity index (χ0v) is 15.8. The minimum atomic E-state index is -0.779. The Hall–Kier alpha value is -0.390. The van der Waals surface area contributed by atoms with E-state index in [1.807, 2.05) is 18.2 Å². The largest absolute Gasteiger partial charge is 0.435 e. The van der Waals surface area contributed by atoms with Crippen molar-refractivity contribution in [2.45, 2.75) is 45.3 Å². The molecule has 0 aromatic heterocycles. The number of halogens is 2. The SMILES string of the molecule is CC/C=C\C=C/CNC1(CBr)OC(=O)C(CCCC)=C1Br. The van der Waals surface area contributed by atoms with Crippen LogP contribution >= 0.6 is 31.9 Å². The monoisotopic (exact) mass is 419 g/mol. The van der Waals surface area contributed by atoms with E-state index in [9.17, 15) is 4.79 Å². The Morgan fingerprint density at radius 1 is 1.29 bits per heavy atom. The lowest BCUT2D eigenvalue weighted by atomic mass is 10.1. The van der Waals surface area contributed by atoms with Crippen LogP contribution in [0.25, 0.3) is 0 Å². The van der Waals surface area contributed by atoms with Crippen molar-refractivity contribution in [2.24, 2.45) is 0 Å². The highest BCUT2D eigenvalue weighted by Crippen LogP contribution is 2.38. The maximum atomic E-state index is 12.0. The number of hydrogen-bond donors (Lipinski definition) is 1. The van der Waals surface area contributed by atoms with Crippen LogP contribution in [-0.4, -0.2) is 23.6 Å². The maximum Gasteiger partial charge on any atom is 0.337 e. The number of allylic oxidation sites excluding steroid dienone is 3. The molecule has 0 bridgehead atoms. The normalized spacial score (nSPS) is 22.8. The van der Waals surface area contributed by atoms with E-state index in [0.717, 1.165) is 35.7 Å². The van der Waals surface area contributed by atoms with E-state index >= 15 is 0 Å². The molecule has 0 radical (unpaired) electrons. The van der Waals surface area contributed by atoms with Crippen LogP contribution in [0.15, 0.2) is 34.4 Å². The lowest BCUT2D eigenvalue weighted by Crippen LogP contribution is -2.48. The fourth-order valence-electron chi connectivity index (χ4n) is 2.00. The second-order valence-electron chi connectivity index (χ2n) is 4.89. The molecule has 21 heavy (non-hydrogen) atoms. The topological polar surface area (TPSA) is 38.3 Å². The van der Waals surface area contributed by atoms with Gasteiger partial charge in [0.1, 0.15) is 0 Å². The van der Waals surface area contributed by atoms with Crippen LogP contribution in [0.3, 0.4) is 0 Å². The lowest BCUT2D eigenvalue weighted by Gasteiger charge is -2.27. The molecule has 3 nitrogen and oxygen atoms in total. The smallest absolute Gasteiger partial charge is 0.337 e. The molecule has 0 aromatic carbocycles. The van der Waals surface area contributed by atoms with Crippen molar-refractivity contribution in [1.29, 1.82) is 0 Å². The standard InChI is InChI=1S/C16H23Br2NO2/c1-3-5-7-8-9-11-19-16(12-17)14(18)13(10-6-4-2)15(20)21-16/h5,7-9,19H,3-4,6,10-12H2,1-2H3/b7-5-,9-8-. The van der Waals surface area contributed by atoms with Gasteiger partial charge in [-0.25, -0.2) is 4.79 Å². The van der Waals surface area contributed by atoms with Crippen molar-refractivity contribution in [2.75, 3.05) is 11.9 Å². The molecule has 1 atom stereocenters. The molecule has 0 amide bonds. The molecular formula is C16H23Br2NO2. The van der Waals surface area contributed by atoms with E-state index < -0.39 is 5.72 Å². The number of esters is 1. The number of nitrogens with one attached hydrogen (secondary N) is 1. The molecule has 1 heterocycles. The summed E-state index contributed by atoms with van der Waals surface area (Å²) < 4.78 is 6.40. The van der Waals surface area contributed by atoms with Crippen LogP contribution in [0.4, 0.5) is 0 Å². The Labute approximate surface area is 144 Å². The van der Waals surface area contributed by atoms with Crippen LogP contribution in [0.2, 0.25) is 0 Å². The van der Waals surface area contributed by atoms with Crippen molar-refractivity contribution >= 4 is 37.8 Å². The van der Waals surface area contributed by atoms with E-state index in [2.05, 4.69) is 57.1 Å². The summed E-state index contributed by atoms with van der Waals surface area (Å²) in [5.74, 6) is -0.225. The molecule has 1 N–H and O–H groups in total. The Kier molecular flexibility index (Phi) is 8.52. The summed E-state index contributed by atoms with van der Waals surface area (Å²) in [6.45, 7) is 4.84. The number of hydrogen-bond acceptors (Lipinski definition) is 3. The lowest BCUT2D eigenvalue weighted by molar-refractivity contribution is -0.147. The van der Waals surface area contributed by atoms with E-state index in [4.69, 9.17) is 4.74 Å². The molecule has 0 saturated heterocycles. The first-order valence-corrected chi connectivity index (χ1v) is 9.27. The highest BCUT2D eigenvalue weighted by Gasteiger charge is 2.45. The number of ether oxygens (including phenoxy) is 1. The Bertz CT molecular complexity index is 444. The van der Waals surface area contributed by atoms with Crippen molar-refractivity contribution in [3.8, 4) is 0 Å². The molecular weight excluding hydrogens is 398 g/mol. The molecule has 0 aromatic rings. The Balaban J connectivity index is 2.71. The van der Waals surface area contributed by atoms with Gasteiger partial charge in [0.2, 0.25) is 5.72 Å². The quantitative estimate of drug-likeness (QED) is 0.337. The van der Waals surface area contributed by atoms with Gasteiger partial charge in [-0.15, -0.1) is 0 Å². The average Bonchev–Trinajstić information content (AvgIpc) is 2.72. The van der Waals surface area contributed by atoms with E-state index in [1.54, 1.807) is 0 Å². The number of cyclic esters (lactones) is 1. The molecule has 5 heteroatoms. The van der Waals surface area contributed by atoms with Crippen LogP contribution < -0.4 is 5.32 Å². The van der Waals surface area contributed by atoms with Gasteiger partial charge in [-0.05, 0) is 35.2 Å². The van der Waals surface area contributed by atoms with Gasteiger partial charge in [0.15, 0.2) is 0 Å². The fourth-order valence-corrected chi connectivity index (χ4v) is 3.69. The van der Waals surface area contributed by atoms with Crippen LogP contribution in [0, 0.1) is 0 Å². The molecule has 1 aliphatic rings. The Morgan fingerprint density at radius 3 is 2.62 bits per heavy atom. The van der Waals surface area contributed by atoms with Crippen LogP contribution in [0.1, 0.15) is 39.5 Å². The fraction of sp³-hybridized carbons (Fsp3) is 0.562. The van der Waals surface area contributed by atoms with Crippen molar-refractivity contribution in [3.05, 3.63) is 34.4 Å². The zero-order chi connectivity index (χ0) is 15.7. The third-order valence-electron chi connectivity index (χ3n) is 3.23.